The van der Waals surface area contributed by atoms with Crippen LogP contribution in [-0.2, 0) is 24.3 Å². The van der Waals surface area contributed by atoms with Gasteiger partial charge in [-0.3, -0.25) is 14.7 Å². The van der Waals surface area contributed by atoms with E-state index in [9.17, 15) is 4.79 Å². The minimum absolute atomic E-state index is 0.103. The average molecular weight is 489 g/mol. The Morgan fingerprint density at radius 3 is 2.75 bits per heavy atom. The summed E-state index contributed by atoms with van der Waals surface area (Å²) in [6.07, 6.45) is 5.91. The second-order valence-electron chi connectivity index (χ2n) is 9.94. The molecule has 0 bridgehead atoms. The first-order valence-corrected chi connectivity index (χ1v) is 13.1. The molecule has 2 aromatic heterocycles. The van der Waals surface area contributed by atoms with E-state index in [4.69, 9.17) is 4.52 Å². The van der Waals surface area contributed by atoms with Crippen LogP contribution in [0.25, 0.3) is 0 Å². The van der Waals surface area contributed by atoms with Crippen LogP contribution in [0.5, 0.6) is 0 Å². The number of piperazine rings is 1. The summed E-state index contributed by atoms with van der Waals surface area (Å²) >= 11 is 0. The smallest absolute Gasteiger partial charge is 0.220 e. The van der Waals surface area contributed by atoms with Crippen LogP contribution in [0.2, 0.25) is 0 Å². The molecule has 2 saturated heterocycles. The van der Waals surface area contributed by atoms with Gasteiger partial charge in [0.05, 0.1) is 12.2 Å². The molecular formula is C28H36N6O2. The third-order valence-electron chi connectivity index (χ3n) is 7.38. The van der Waals surface area contributed by atoms with Gasteiger partial charge < -0.3 is 20.1 Å². The molecule has 2 atom stereocenters. The van der Waals surface area contributed by atoms with E-state index in [1.807, 2.05) is 12.1 Å². The number of nitrogens with zero attached hydrogens (tertiary/aromatic N) is 4. The molecule has 190 valence electrons. The normalized spacial score (nSPS) is 20.8. The highest BCUT2D eigenvalue weighted by Gasteiger charge is 2.28. The van der Waals surface area contributed by atoms with Gasteiger partial charge in [-0.1, -0.05) is 29.4 Å². The van der Waals surface area contributed by atoms with Crippen molar-refractivity contribution in [1.82, 2.24) is 25.7 Å². The van der Waals surface area contributed by atoms with E-state index in [0.717, 1.165) is 75.7 Å². The summed E-state index contributed by atoms with van der Waals surface area (Å²) in [4.78, 5) is 21.6. The number of pyridine rings is 1. The van der Waals surface area contributed by atoms with Gasteiger partial charge in [0.25, 0.3) is 0 Å². The van der Waals surface area contributed by atoms with Crippen molar-refractivity contribution in [2.75, 3.05) is 44.2 Å². The Morgan fingerprint density at radius 1 is 1.08 bits per heavy atom. The molecule has 4 heterocycles. The van der Waals surface area contributed by atoms with Crippen LogP contribution < -0.4 is 15.5 Å². The molecule has 2 N–H and O–H groups in total. The van der Waals surface area contributed by atoms with Gasteiger partial charge in [0.15, 0.2) is 5.76 Å². The van der Waals surface area contributed by atoms with Gasteiger partial charge in [0.1, 0.15) is 0 Å². The number of carbonyl (C=O) groups excluding carboxylic acids is 1. The Kier molecular flexibility index (Phi) is 8.25. The van der Waals surface area contributed by atoms with Crippen molar-refractivity contribution in [2.45, 2.75) is 32.4 Å². The van der Waals surface area contributed by atoms with Crippen LogP contribution in [0.15, 0.2) is 65.4 Å². The van der Waals surface area contributed by atoms with Crippen LogP contribution in [0.4, 0.5) is 5.69 Å². The number of piperidine rings is 1. The minimum Gasteiger partial charge on any atom is -0.369 e. The van der Waals surface area contributed by atoms with E-state index in [2.05, 4.69) is 67.0 Å². The molecule has 3 aromatic rings. The Morgan fingerprint density at radius 2 is 1.94 bits per heavy atom. The number of aromatic nitrogens is 2. The molecule has 8 nitrogen and oxygen atoms in total. The van der Waals surface area contributed by atoms with Gasteiger partial charge in [-0.25, -0.2) is 0 Å². The average Bonchev–Trinajstić information content (AvgIpc) is 3.37. The van der Waals surface area contributed by atoms with E-state index in [0.29, 0.717) is 24.8 Å². The highest BCUT2D eigenvalue weighted by Crippen LogP contribution is 2.26. The number of nitrogens with one attached hydrogen (secondary N) is 2. The van der Waals surface area contributed by atoms with Crippen molar-refractivity contribution in [3.8, 4) is 0 Å². The first-order valence-electron chi connectivity index (χ1n) is 13.1. The fraction of sp³-hybridized carbons (Fsp3) is 0.464. The van der Waals surface area contributed by atoms with Gasteiger partial charge in [-0.15, -0.1) is 0 Å². The molecule has 36 heavy (non-hydrogen) atoms. The number of carbonyl (C=O) groups is 1. The maximum atomic E-state index is 12.6. The molecule has 0 saturated carbocycles. The van der Waals surface area contributed by atoms with Crippen LogP contribution >= 0.6 is 0 Å². The first-order chi connectivity index (χ1) is 17.7. The summed E-state index contributed by atoms with van der Waals surface area (Å²) in [5.41, 5.74) is 3.30. The molecule has 0 radical (unpaired) electrons. The molecule has 1 amide bonds. The number of hydrogen-bond acceptors (Lipinski definition) is 7. The number of hydrogen-bond donors (Lipinski definition) is 2. The highest BCUT2D eigenvalue weighted by molar-refractivity contribution is 5.76. The molecule has 0 aliphatic carbocycles. The zero-order valence-electron chi connectivity index (χ0n) is 20.8. The molecule has 0 spiro atoms. The number of benzene rings is 1. The molecule has 2 aliphatic heterocycles. The third-order valence-corrected chi connectivity index (χ3v) is 7.38. The van der Waals surface area contributed by atoms with E-state index in [-0.39, 0.29) is 5.91 Å². The lowest BCUT2D eigenvalue weighted by molar-refractivity contribution is -0.122. The zero-order chi connectivity index (χ0) is 24.6. The Hall–Kier alpha value is -3.23. The minimum atomic E-state index is 0.103. The van der Waals surface area contributed by atoms with Gasteiger partial charge in [-0.05, 0) is 61.5 Å². The summed E-state index contributed by atoms with van der Waals surface area (Å²) in [6, 6.07) is 16.6. The zero-order valence-corrected chi connectivity index (χ0v) is 20.8. The van der Waals surface area contributed by atoms with E-state index >= 15 is 0 Å². The van der Waals surface area contributed by atoms with E-state index in [1.54, 1.807) is 12.4 Å². The number of para-hydroxylation sites is 1. The third kappa shape index (κ3) is 6.71. The van der Waals surface area contributed by atoms with Crippen LogP contribution in [0.1, 0.15) is 29.9 Å². The van der Waals surface area contributed by atoms with Crippen molar-refractivity contribution in [2.24, 2.45) is 11.8 Å². The monoisotopic (exact) mass is 488 g/mol. The predicted octanol–water partition coefficient (Wildman–Crippen LogP) is 2.87. The number of amides is 1. The molecule has 8 heteroatoms. The summed E-state index contributed by atoms with van der Waals surface area (Å²) in [6.45, 7) is 7.22. The fourth-order valence-corrected chi connectivity index (χ4v) is 5.32. The van der Waals surface area contributed by atoms with Gasteiger partial charge in [-0.2, -0.15) is 0 Å². The fourth-order valence-electron chi connectivity index (χ4n) is 5.32. The summed E-state index contributed by atoms with van der Waals surface area (Å²) in [7, 11) is 0. The summed E-state index contributed by atoms with van der Waals surface area (Å²) in [5, 5.41) is 10.9. The molecule has 2 fully saturated rings. The van der Waals surface area contributed by atoms with Gasteiger partial charge >= 0.3 is 0 Å². The van der Waals surface area contributed by atoms with Crippen molar-refractivity contribution in [1.29, 1.82) is 0 Å². The first kappa shape index (κ1) is 24.5. The van der Waals surface area contributed by atoms with Crippen LogP contribution in [0.3, 0.4) is 0 Å². The molecule has 2 aliphatic rings. The standard InChI is InChI=1S/C28H36N6O2/c35-28(31-19-22-5-4-9-29-18-22)16-23-8-10-30-20-24(23)15-25-17-27(36-32-25)21-33-11-13-34(14-12-33)26-6-2-1-3-7-26/h1-7,9,17-18,23-24,30H,8,10-16,19-21H2,(H,31,35). The van der Waals surface area contributed by atoms with E-state index in [1.165, 1.54) is 5.69 Å². The van der Waals surface area contributed by atoms with Gasteiger partial charge in [0.2, 0.25) is 5.91 Å². The molecule has 5 rings (SSSR count). The van der Waals surface area contributed by atoms with Crippen molar-refractivity contribution in [3.05, 3.63) is 77.9 Å². The Balaban J connectivity index is 1.09. The summed E-state index contributed by atoms with van der Waals surface area (Å²) < 4.78 is 5.71. The SMILES string of the molecule is O=C(CC1CCNCC1Cc1cc(CN2CCN(c3ccccc3)CC2)on1)NCc1cccnc1. The second kappa shape index (κ2) is 12.1. The quantitative estimate of drug-likeness (QED) is 0.479. The maximum absolute atomic E-state index is 12.6. The van der Waals surface area contributed by atoms with Crippen LogP contribution in [-0.4, -0.2) is 60.2 Å². The maximum Gasteiger partial charge on any atom is 0.220 e. The lowest BCUT2D eigenvalue weighted by Crippen LogP contribution is -2.45. The molecule has 2 unspecified atom stereocenters. The topological polar surface area (TPSA) is 86.5 Å². The number of anilines is 1. The molecule has 1 aromatic carbocycles. The lowest BCUT2D eigenvalue weighted by Gasteiger charge is -2.35. The Bertz CT molecular complexity index is 1080. The summed E-state index contributed by atoms with van der Waals surface area (Å²) in [5.74, 6) is 1.74. The van der Waals surface area contributed by atoms with Crippen molar-refractivity contribution in [3.63, 3.8) is 0 Å². The number of rotatable bonds is 9. The lowest BCUT2D eigenvalue weighted by atomic mass is 9.81. The van der Waals surface area contributed by atoms with Crippen LogP contribution in [0, 0.1) is 11.8 Å². The second-order valence-corrected chi connectivity index (χ2v) is 9.94. The van der Waals surface area contributed by atoms with Crippen molar-refractivity contribution >= 4 is 11.6 Å². The Labute approximate surface area is 213 Å². The van der Waals surface area contributed by atoms with Gasteiger partial charge in [0, 0.05) is 63.3 Å². The molecular weight excluding hydrogens is 452 g/mol. The van der Waals surface area contributed by atoms with E-state index < -0.39 is 0 Å². The van der Waals surface area contributed by atoms with Crippen molar-refractivity contribution < 1.29 is 9.32 Å². The largest absolute Gasteiger partial charge is 0.369 e. The predicted molar refractivity (Wildman–Crippen MR) is 139 cm³/mol. The highest BCUT2D eigenvalue weighted by atomic mass is 16.5.